The molecule has 1 atom stereocenters. The van der Waals surface area contributed by atoms with Gasteiger partial charge in [0.1, 0.15) is 0 Å². The summed E-state index contributed by atoms with van der Waals surface area (Å²) in [5.74, 6) is 0.762. The molecule has 1 aliphatic rings. The van der Waals surface area contributed by atoms with Crippen molar-refractivity contribution >= 4 is 11.6 Å². The fraction of sp³-hybridized carbons (Fsp3) is 0.588. The number of carbonyl (C=O) groups excluding carboxylic acids is 1. The summed E-state index contributed by atoms with van der Waals surface area (Å²) >= 11 is 0. The van der Waals surface area contributed by atoms with E-state index in [4.69, 9.17) is 0 Å². The molecule has 1 aromatic carbocycles. The summed E-state index contributed by atoms with van der Waals surface area (Å²) in [5, 5.41) is 14.0. The number of nitrogens with one attached hydrogen (secondary N) is 1. The number of hydrogen-bond acceptors (Lipinski definition) is 4. The number of non-ortho nitro benzene ring substituents is 1. The van der Waals surface area contributed by atoms with Gasteiger partial charge in [-0.05, 0) is 51.3 Å². The van der Waals surface area contributed by atoms with Gasteiger partial charge < -0.3 is 10.2 Å². The van der Waals surface area contributed by atoms with Gasteiger partial charge in [0.2, 0.25) is 5.91 Å². The van der Waals surface area contributed by atoms with Crippen molar-refractivity contribution in [2.75, 3.05) is 13.1 Å². The van der Waals surface area contributed by atoms with Crippen LogP contribution in [0.25, 0.3) is 0 Å². The highest BCUT2D eigenvalue weighted by Gasteiger charge is 2.21. The molecule has 1 aromatic rings. The summed E-state index contributed by atoms with van der Waals surface area (Å²) in [6.45, 7) is 6.56. The summed E-state index contributed by atoms with van der Waals surface area (Å²) in [5.41, 5.74) is 0.991. The van der Waals surface area contributed by atoms with Gasteiger partial charge in [0.05, 0.1) is 4.92 Å². The monoisotopic (exact) mass is 319 g/mol. The smallest absolute Gasteiger partial charge is 0.269 e. The minimum absolute atomic E-state index is 0.0740. The Labute approximate surface area is 137 Å². The molecule has 0 bridgehead atoms. The van der Waals surface area contributed by atoms with Crippen molar-refractivity contribution in [3.05, 3.63) is 39.9 Å². The summed E-state index contributed by atoms with van der Waals surface area (Å²) in [6, 6.07) is 6.54. The molecule has 1 saturated heterocycles. The quantitative estimate of drug-likeness (QED) is 0.619. The Morgan fingerprint density at radius 3 is 2.61 bits per heavy atom. The summed E-state index contributed by atoms with van der Waals surface area (Å²) in [7, 11) is 0. The predicted molar refractivity (Wildman–Crippen MR) is 89.0 cm³/mol. The zero-order valence-electron chi connectivity index (χ0n) is 13.8. The van der Waals surface area contributed by atoms with Crippen molar-refractivity contribution in [3.63, 3.8) is 0 Å². The van der Waals surface area contributed by atoms with Gasteiger partial charge in [0, 0.05) is 31.1 Å². The van der Waals surface area contributed by atoms with E-state index in [1.807, 2.05) is 18.7 Å². The van der Waals surface area contributed by atoms with E-state index in [-0.39, 0.29) is 17.6 Å². The van der Waals surface area contributed by atoms with Gasteiger partial charge in [-0.3, -0.25) is 14.9 Å². The minimum atomic E-state index is -0.412. The number of nitro benzene ring substituents is 1. The van der Waals surface area contributed by atoms with Crippen molar-refractivity contribution in [2.24, 2.45) is 5.92 Å². The summed E-state index contributed by atoms with van der Waals surface area (Å²) in [4.78, 5) is 24.7. The molecule has 0 aliphatic carbocycles. The van der Waals surface area contributed by atoms with Crippen molar-refractivity contribution < 1.29 is 9.72 Å². The summed E-state index contributed by atoms with van der Waals surface area (Å²) in [6.07, 6.45) is 2.64. The molecule has 1 aliphatic heterocycles. The highest BCUT2D eigenvalue weighted by Crippen LogP contribution is 2.18. The lowest BCUT2D eigenvalue weighted by molar-refractivity contribution is -0.384. The van der Waals surface area contributed by atoms with E-state index >= 15 is 0 Å². The number of carbonyl (C=O) groups is 1. The second-order valence-corrected chi connectivity index (χ2v) is 6.44. The molecule has 2 rings (SSSR count). The van der Waals surface area contributed by atoms with Crippen LogP contribution in [0.5, 0.6) is 0 Å². The van der Waals surface area contributed by atoms with Crippen LogP contribution >= 0.6 is 0 Å². The van der Waals surface area contributed by atoms with Crippen molar-refractivity contribution in [1.82, 2.24) is 10.2 Å². The number of benzene rings is 1. The largest absolute Gasteiger partial charge is 0.336 e. The maximum Gasteiger partial charge on any atom is 0.269 e. The second kappa shape index (κ2) is 8.06. The fourth-order valence-electron chi connectivity index (χ4n) is 2.91. The standard InChI is InChI=1S/C17H25N3O3/c1-13(2)19(17(21)8-5-14-9-10-18-11-14)12-15-3-6-16(7-4-15)20(22)23/h3-4,6-7,13-14,18H,5,8-12H2,1-2H3. The van der Waals surface area contributed by atoms with Gasteiger partial charge in [-0.25, -0.2) is 0 Å². The first kappa shape index (κ1) is 17.4. The first-order valence-electron chi connectivity index (χ1n) is 8.21. The van der Waals surface area contributed by atoms with Gasteiger partial charge in [0.25, 0.3) is 5.69 Å². The highest BCUT2D eigenvalue weighted by atomic mass is 16.6. The summed E-state index contributed by atoms with van der Waals surface area (Å²) < 4.78 is 0. The van der Waals surface area contributed by atoms with Crippen molar-refractivity contribution in [3.8, 4) is 0 Å². The lowest BCUT2D eigenvalue weighted by atomic mass is 10.0. The van der Waals surface area contributed by atoms with Crippen LogP contribution in [0.4, 0.5) is 5.69 Å². The van der Waals surface area contributed by atoms with Gasteiger partial charge in [-0.15, -0.1) is 0 Å². The van der Waals surface area contributed by atoms with Crippen molar-refractivity contribution in [2.45, 2.75) is 45.7 Å². The molecule has 0 spiro atoms. The lowest BCUT2D eigenvalue weighted by Crippen LogP contribution is -2.36. The SMILES string of the molecule is CC(C)N(Cc1ccc([N+](=O)[O-])cc1)C(=O)CCC1CCNC1. The first-order valence-corrected chi connectivity index (χ1v) is 8.21. The van der Waals surface area contributed by atoms with Gasteiger partial charge in [-0.2, -0.15) is 0 Å². The van der Waals surface area contributed by atoms with Crippen LogP contribution < -0.4 is 5.32 Å². The van der Waals surface area contributed by atoms with E-state index in [0.717, 1.165) is 31.5 Å². The molecule has 0 radical (unpaired) electrons. The lowest BCUT2D eigenvalue weighted by Gasteiger charge is -2.27. The number of rotatable bonds is 7. The molecule has 6 heteroatoms. The molecule has 6 nitrogen and oxygen atoms in total. The molecule has 1 heterocycles. The Bertz CT molecular complexity index is 537. The number of nitrogens with zero attached hydrogens (tertiary/aromatic N) is 2. The van der Waals surface area contributed by atoms with E-state index < -0.39 is 4.92 Å². The third-order valence-electron chi connectivity index (χ3n) is 4.37. The number of amides is 1. The molecule has 126 valence electrons. The molecule has 1 amide bonds. The molecule has 1 unspecified atom stereocenters. The molecule has 1 fully saturated rings. The van der Waals surface area contributed by atoms with E-state index in [2.05, 4.69) is 5.32 Å². The zero-order chi connectivity index (χ0) is 16.8. The molecular weight excluding hydrogens is 294 g/mol. The number of nitro groups is 1. The van der Waals surface area contributed by atoms with Crippen LogP contribution in [0.15, 0.2) is 24.3 Å². The first-order chi connectivity index (χ1) is 11.0. The van der Waals surface area contributed by atoms with E-state index in [0.29, 0.717) is 18.9 Å². The molecule has 0 aromatic heterocycles. The van der Waals surface area contributed by atoms with Crippen LogP contribution in [-0.2, 0) is 11.3 Å². The third-order valence-corrected chi connectivity index (χ3v) is 4.37. The van der Waals surface area contributed by atoms with Crippen LogP contribution in [0, 0.1) is 16.0 Å². The Kier molecular flexibility index (Phi) is 6.10. The average Bonchev–Trinajstić information content (AvgIpc) is 3.03. The van der Waals surface area contributed by atoms with Gasteiger partial charge in [-0.1, -0.05) is 12.1 Å². The predicted octanol–water partition coefficient (Wildman–Crippen LogP) is 2.72. The Balaban J connectivity index is 1.94. The molecule has 0 saturated carbocycles. The van der Waals surface area contributed by atoms with Crippen LogP contribution in [0.3, 0.4) is 0 Å². The zero-order valence-corrected chi connectivity index (χ0v) is 13.8. The number of hydrogen-bond donors (Lipinski definition) is 1. The third kappa shape index (κ3) is 5.03. The highest BCUT2D eigenvalue weighted by molar-refractivity contribution is 5.76. The maximum atomic E-state index is 12.5. The molecular formula is C17H25N3O3. The van der Waals surface area contributed by atoms with Crippen molar-refractivity contribution in [1.29, 1.82) is 0 Å². The van der Waals surface area contributed by atoms with E-state index in [9.17, 15) is 14.9 Å². The van der Waals surface area contributed by atoms with E-state index in [1.54, 1.807) is 12.1 Å². The minimum Gasteiger partial charge on any atom is -0.336 e. The molecule has 23 heavy (non-hydrogen) atoms. The van der Waals surface area contributed by atoms with Crippen LogP contribution in [-0.4, -0.2) is 34.9 Å². The van der Waals surface area contributed by atoms with Crippen LogP contribution in [0.1, 0.15) is 38.7 Å². The van der Waals surface area contributed by atoms with Gasteiger partial charge in [0.15, 0.2) is 0 Å². The second-order valence-electron chi connectivity index (χ2n) is 6.44. The van der Waals surface area contributed by atoms with E-state index in [1.165, 1.54) is 12.1 Å². The Hall–Kier alpha value is -1.95. The normalized spacial score (nSPS) is 17.4. The maximum absolute atomic E-state index is 12.5. The Morgan fingerprint density at radius 2 is 2.09 bits per heavy atom. The van der Waals surface area contributed by atoms with Crippen LogP contribution in [0.2, 0.25) is 0 Å². The average molecular weight is 319 g/mol. The fourth-order valence-corrected chi connectivity index (χ4v) is 2.91. The van der Waals surface area contributed by atoms with Gasteiger partial charge >= 0.3 is 0 Å². The topological polar surface area (TPSA) is 75.5 Å². The molecule has 1 N–H and O–H groups in total. The Morgan fingerprint density at radius 1 is 1.39 bits per heavy atom.